The van der Waals surface area contributed by atoms with Crippen molar-refractivity contribution in [2.24, 2.45) is 5.11 Å². The van der Waals surface area contributed by atoms with Gasteiger partial charge >= 0.3 is 29.2 Å². The molecule has 184 valence electrons. The lowest BCUT2D eigenvalue weighted by atomic mass is 9.95. The number of nitrogens with zero attached hydrogens (tertiary/aromatic N) is 4. The predicted octanol–water partition coefficient (Wildman–Crippen LogP) is 0.681. The molecule has 5 atom stereocenters. The van der Waals surface area contributed by atoms with Crippen molar-refractivity contribution in [1.29, 1.82) is 0 Å². The largest absolute Gasteiger partial charge is 0.490 e. The van der Waals surface area contributed by atoms with Gasteiger partial charge < -0.3 is 24.3 Å². The Bertz CT molecular complexity index is 1230. The smallest absolute Gasteiger partial charge is 0.341 e. The number of thioether (sulfide) groups is 1. The van der Waals surface area contributed by atoms with Crippen molar-refractivity contribution in [1.82, 2.24) is 9.55 Å². The summed E-state index contributed by atoms with van der Waals surface area (Å²) in [5.41, 5.74) is 5.49. The molecule has 22 heteroatoms. The van der Waals surface area contributed by atoms with Crippen LogP contribution in [0.5, 0.6) is 0 Å². The molecule has 2 unspecified atom stereocenters. The molecule has 1 aromatic rings. The van der Waals surface area contributed by atoms with Gasteiger partial charge in [0.05, 0.1) is 11.4 Å². The van der Waals surface area contributed by atoms with Gasteiger partial charge in [-0.15, -0.1) is 0 Å². The first-order valence-electron chi connectivity index (χ1n) is 8.58. The summed E-state index contributed by atoms with van der Waals surface area (Å²) in [6.45, 7) is -1.03. The molecule has 0 radical (unpaired) electrons. The van der Waals surface area contributed by atoms with E-state index in [1.54, 1.807) is 0 Å². The van der Waals surface area contributed by atoms with Crippen LogP contribution in [0.4, 0.5) is 0 Å². The fraction of sp³-hybridized carbons (Fsp3) is 0.636. The fourth-order valence-electron chi connectivity index (χ4n) is 3.27. The number of hydrogen-bond donors (Lipinski definition) is 5. The topological polar surface area (TPSA) is 273 Å². The Morgan fingerprint density at radius 2 is 1.94 bits per heavy atom. The van der Waals surface area contributed by atoms with Crippen LogP contribution < -0.4 is 11.2 Å². The van der Waals surface area contributed by atoms with Crippen LogP contribution in [-0.2, 0) is 31.6 Å². The lowest BCUT2D eigenvalue weighted by Gasteiger charge is -2.41. The van der Waals surface area contributed by atoms with E-state index in [9.17, 15) is 33.1 Å². The van der Waals surface area contributed by atoms with Crippen LogP contribution in [-0.4, -0.2) is 52.0 Å². The molecule has 5 N–H and O–H groups in total. The van der Waals surface area contributed by atoms with E-state index in [4.69, 9.17) is 20.1 Å². The van der Waals surface area contributed by atoms with Crippen molar-refractivity contribution in [3.63, 3.8) is 0 Å². The van der Waals surface area contributed by atoms with Crippen molar-refractivity contribution < 1.29 is 51.2 Å². The first-order valence-corrected chi connectivity index (χ1v) is 14.1. The standard InChI is InChI=1S/C11H16N5O13P3S/c12-15-14-11(6-26-31(22,23)29-32(24,25)28-30(19,20)21)5-10(2-4-33-10)8(27-11)16-3-1-7(17)13-9(16)18/h1,3,8H,2,4-6H2,(H,22,23)(H,24,25)(H,13,17,18)(H2,19,20,21)/t8-,10-,11+/m1/s1. The summed E-state index contributed by atoms with van der Waals surface area (Å²) in [6.07, 6.45) is 0.378. The van der Waals surface area contributed by atoms with Crippen LogP contribution >= 0.6 is 35.2 Å². The maximum absolute atomic E-state index is 12.3. The van der Waals surface area contributed by atoms with Crippen LogP contribution in [0.25, 0.3) is 10.4 Å². The molecule has 1 spiro atoms. The van der Waals surface area contributed by atoms with Crippen molar-refractivity contribution in [3.05, 3.63) is 43.5 Å². The van der Waals surface area contributed by atoms with Crippen LogP contribution in [0.15, 0.2) is 27.0 Å². The third-order valence-electron chi connectivity index (χ3n) is 4.47. The van der Waals surface area contributed by atoms with E-state index < -0.39 is 58.0 Å². The highest BCUT2D eigenvalue weighted by Crippen LogP contribution is 2.67. The molecule has 18 nitrogen and oxygen atoms in total. The SMILES string of the molecule is [N-]=[N+]=N[C@@]1(COP(=O)(O)OP(=O)(O)OP(=O)(O)O)C[C@]2(CCS2)[C@H](n2ccc(=O)[nH]c2=O)O1. The van der Waals surface area contributed by atoms with Gasteiger partial charge in [-0.3, -0.25) is 18.9 Å². The van der Waals surface area contributed by atoms with Crippen molar-refractivity contribution in [3.8, 4) is 0 Å². The molecule has 0 aromatic carbocycles. The highest BCUT2D eigenvalue weighted by Gasteiger charge is 2.61. The average molecular weight is 551 g/mol. The second-order valence-electron chi connectivity index (χ2n) is 6.83. The van der Waals surface area contributed by atoms with Crippen LogP contribution in [0.2, 0.25) is 0 Å². The minimum atomic E-state index is -5.75. The van der Waals surface area contributed by atoms with Gasteiger partial charge in [-0.1, -0.05) is 5.11 Å². The van der Waals surface area contributed by atoms with Gasteiger partial charge in [-0.2, -0.15) is 20.4 Å². The highest BCUT2D eigenvalue weighted by atomic mass is 32.2. The fourth-order valence-corrected chi connectivity index (χ4v) is 7.69. The minimum Gasteiger partial charge on any atom is -0.341 e. The molecule has 3 rings (SSSR count). The lowest BCUT2D eigenvalue weighted by Crippen LogP contribution is -2.44. The zero-order valence-electron chi connectivity index (χ0n) is 16.1. The number of azide groups is 1. The lowest BCUT2D eigenvalue weighted by molar-refractivity contribution is -0.0971. The molecule has 0 amide bonds. The maximum Gasteiger partial charge on any atom is 0.490 e. The summed E-state index contributed by atoms with van der Waals surface area (Å²) >= 11 is 1.34. The Balaban J connectivity index is 1.84. The Hall–Kier alpha value is -1.29. The molecule has 2 aliphatic heterocycles. The van der Waals surface area contributed by atoms with E-state index >= 15 is 0 Å². The Morgan fingerprint density at radius 3 is 2.45 bits per heavy atom. The zero-order chi connectivity index (χ0) is 24.7. The first-order chi connectivity index (χ1) is 15.1. The second kappa shape index (κ2) is 9.06. The van der Waals surface area contributed by atoms with Crippen molar-refractivity contribution in [2.45, 2.75) is 29.5 Å². The molecule has 2 saturated heterocycles. The Labute approximate surface area is 186 Å². The van der Waals surface area contributed by atoms with Crippen LogP contribution in [0.3, 0.4) is 0 Å². The molecule has 33 heavy (non-hydrogen) atoms. The van der Waals surface area contributed by atoms with E-state index in [1.807, 2.05) is 4.98 Å². The van der Waals surface area contributed by atoms with E-state index in [2.05, 4.69) is 23.2 Å². The molecule has 0 bridgehead atoms. The average Bonchev–Trinajstić information content (AvgIpc) is 2.93. The molecule has 2 aliphatic rings. The number of ether oxygens (including phenoxy) is 1. The van der Waals surface area contributed by atoms with Gasteiger partial charge in [0.2, 0.25) is 0 Å². The third-order valence-corrected chi connectivity index (χ3v) is 9.79. The number of H-pyrrole nitrogens is 1. The molecule has 1 aromatic heterocycles. The summed E-state index contributed by atoms with van der Waals surface area (Å²) in [6, 6.07) is 1.06. The molecule has 0 saturated carbocycles. The molecular formula is C11H16N5O13P3S. The van der Waals surface area contributed by atoms with E-state index in [0.29, 0.717) is 12.2 Å². The number of aromatic nitrogens is 2. The van der Waals surface area contributed by atoms with Gasteiger partial charge in [0.25, 0.3) is 5.56 Å². The van der Waals surface area contributed by atoms with E-state index in [0.717, 1.165) is 16.8 Å². The van der Waals surface area contributed by atoms with E-state index in [1.165, 1.54) is 11.8 Å². The monoisotopic (exact) mass is 551 g/mol. The predicted molar refractivity (Wildman–Crippen MR) is 108 cm³/mol. The Morgan fingerprint density at radius 1 is 1.27 bits per heavy atom. The number of aromatic amines is 1. The number of rotatable bonds is 9. The molecule has 0 aliphatic carbocycles. The van der Waals surface area contributed by atoms with Gasteiger partial charge in [-0.25, -0.2) is 18.5 Å². The molecular weight excluding hydrogens is 535 g/mol. The minimum absolute atomic E-state index is 0.138. The van der Waals surface area contributed by atoms with Crippen LogP contribution in [0.1, 0.15) is 19.1 Å². The van der Waals surface area contributed by atoms with Crippen LogP contribution in [0, 0.1) is 0 Å². The van der Waals surface area contributed by atoms with E-state index in [-0.39, 0.29) is 6.42 Å². The number of phosphoric acid groups is 3. The van der Waals surface area contributed by atoms with Crippen molar-refractivity contribution >= 4 is 35.2 Å². The third kappa shape index (κ3) is 6.24. The quantitative estimate of drug-likeness (QED) is 0.122. The van der Waals surface area contributed by atoms with Gasteiger partial charge in [0.15, 0.2) is 12.0 Å². The van der Waals surface area contributed by atoms with Gasteiger partial charge in [-0.05, 0) is 17.7 Å². The zero-order valence-corrected chi connectivity index (χ0v) is 19.6. The molecule has 3 heterocycles. The normalized spacial score (nSPS) is 30.7. The maximum atomic E-state index is 12.3. The number of phosphoric ester groups is 1. The number of nitrogens with one attached hydrogen (secondary N) is 1. The first kappa shape index (κ1) is 26.3. The van der Waals surface area contributed by atoms with Gasteiger partial charge in [0.1, 0.15) is 0 Å². The van der Waals surface area contributed by atoms with Crippen molar-refractivity contribution in [2.75, 3.05) is 12.4 Å². The van der Waals surface area contributed by atoms with Gasteiger partial charge in [0, 0.05) is 23.6 Å². The summed E-state index contributed by atoms with van der Waals surface area (Å²) in [4.78, 5) is 64.4. The summed E-state index contributed by atoms with van der Waals surface area (Å²) in [7, 11) is -16.9. The summed E-state index contributed by atoms with van der Waals surface area (Å²) < 4.78 is 52.1. The summed E-state index contributed by atoms with van der Waals surface area (Å²) in [5.74, 6) is 0.639. The highest BCUT2D eigenvalue weighted by molar-refractivity contribution is 8.02. The second-order valence-corrected chi connectivity index (χ2v) is 12.8. The Kier molecular flexibility index (Phi) is 7.22. The number of hydrogen-bond acceptors (Lipinski definition) is 11. The summed E-state index contributed by atoms with van der Waals surface area (Å²) in [5, 5.41) is 3.47. The molecule has 2 fully saturated rings.